The molecule has 0 saturated carbocycles. The van der Waals surface area contributed by atoms with Gasteiger partial charge in [0.25, 0.3) is 0 Å². The Labute approximate surface area is 122 Å². The van der Waals surface area contributed by atoms with Crippen LogP contribution in [0.2, 0.25) is 0 Å². The predicted molar refractivity (Wildman–Crippen MR) is 82.2 cm³/mol. The minimum Gasteiger partial charge on any atom is -0.389 e. The maximum atomic E-state index is 11.3. The Morgan fingerprint density at radius 2 is 1.60 bits per heavy atom. The zero-order valence-electron chi connectivity index (χ0n) is 12.9. The van der Waals surface area contributed by atoms with E-state index in [0.29, 0.717) is 12.8 Å². The topological polar surface area (TPSA) is 60.8 Å². The summed E-state index contributed by atoms with van der Waals surface area (Å²) >= 11 is 0. The molecule has 0 heterocycles. The van der Waals surface area contributed by atoms with Gasteiger partial charge in [-0.25, -0.2) is 0 Å². The van der Waals surface area contributed by atoms with Crippen molar-refractivity contribution in [2.24, 2.45) is 5.92 Å². The van der Waals surface area contributed by atoms with Gasteiger partial charge in [-0.1, -0.05) is 50.3 Å². The fourth-order valence-corrected chi connectivity index (χ4v) is 1.31. The molecule has 4 nitrogen and oxygen atoms in total. The van der Waals surface area contributed by atoms with Crippen molar-refractivity contribution in [2.75, 3.05) is 14.1 Å². The highest BCUT2D eigenvalue weighted by Gasteiger charge is 2.06. The first-order chi connectivity index (χ1) is 9.34. The molecule has 2 N–H and O–H groups in total. The summed E-state index contributed by atoms with van der Waals surface area (Å²) in [4.78, 5) is 12.8. The van der Waals surface area contributed by atoms with Gasteiger partial charge < -0.3 is 15.1 Å². The molecule has 0 aromatic rings. The average molecular weight is 281 g/mol. The van der Waals surface area contributed by atoms with E-state index in [0.717, 1.165) is 0 Å². The van der Waals surface area contributed by atoms with E-state index in [4.69, 9.17) is 0 Å². The molecule has 4 heteroatoms. The molecule has 1 amide bonds. The Morgan fingerprint density at radius 3 is 2.10 bits per heavy atom. The lowest BCUT2D eigenvalue weighted by Crippen LogP contribution is -2.22. The number of allylic oxidation sites excluding steroid dienone is 4. The summed E-state index contributed by atoms with van der Waals surface area (Å²) in [6.45, 7) is 3.90. The molecular formula is C16H27NO3. The van der Waals surface area contributed by atoms with Crippen LogP contribution in [0.4, 0.5) is 0 Å². The molecule has 0 saturated heterocycles. The van der Waals surface area contributed by atoms with Crippen LogP contribution in [-0.4, -0.2) is 47.3 Å². The van der Waals surface area contributed by atoms with Gasteiger partial charge in [-0.2, -0.15) is 0 Å². The van der Waals surface area contributed by atoms with Crippen molar-refractivity contribution in [2.45, 2.75) is 38.9 Å². The number of carbonyl (C=O) groups is 1. The Kier molecular flexibility index (Phi) is 9.68. The van der Waals surface area contributed by atoms with Gasteiger partial charge in [-0.3, -0.25) is 4.79 Å². The van der Waals surface area contributed by atoms with Crippen LogP contribution in [-0.2, 0) is 4.79 Å². The van der Waals surface area contributed by atoms with Crippen LogP contribution in [0.1, 0.15) is 26.7 Å². The van der Waals surface area contributed by atoms with Crippen LogP contribution < -0.4 is 0 Å². The van der Waals surface area contributed by atoms with Crippen molar-refractivity contribution in [3.8, 4) is 0 Å². The SMILES string of the molecule is CC(C)C(O)/C=C/C=C\C=C\C(O)CCC(=O)N(C)C. The quantitative estimate of drug-likeness (QED) is 0.668. The van der Waals surface area contributed by atoms with Crippen LogP contribution in [0.15, 0.2) is 36.5 Å². The third-order valence-corrected chi connectivity index (χ3v) is 2.81. The molecule has 2 unspecified atom stereocenters. The molecule has 0 aliphatic heterocycles. The van der Waals surface area contributed by atoms with E-state index in [1.165, 1.54) is 4.90 Å². The summed E-state index contributed by atoms with van der Waals surface area (Å²) in [6, 6.07) is 0. The van der Waals surface area contributed by atoms with Crippen LogP contribution in [0, 0.1) is 5.92 Å². The lowest BCUT2D eigenvalue weighted by Gasteiger charge is -2.10. The smallest absolute Gasteiger partial charge is 0.222 e. The molecule has 0 aliphatic carbocycles. The average Bonchev–Trinajstić information content (AvgIpc) is 2.39. The van der Waals surface area contributed by atoms with Gasteiger partial charge in [0.15, 0.2) is 0 Å². The van der Waals surface area contributed by atoms with E-state index in [1.54, 1.807) is 50.6 Å². The highest BCUT2D eigenvalue weighted by Crippen LogP contribution is 2.03. The Balaban J connectivity index is 3.97. The summed E-state index contributed by atoms with van der Waals surface area (Å²) in [5.41, 5.74) is 0. The summed E-state index contributed by atoms with van der Waals surface area (Å²) in [6.07, 6.45) is 10.1. The fourth-order valence-electron chi connectivity index (χ4n) is 1.31. The van der Waals surface area contributed by atoms with Gasteiger partial charge in [0.2, 0.25) is 5.91 Å². The Bertz CT molecular complexity index is 357. The monoisotopic (exact) mass is 281 g/mol. The van der Waals surface area contributed by atoms with Gasteiger partial charge in [0, 0.05) is 20.5 Å². The summed E-state index contributed by atoms with van der Waals surface area (Å²) < 4.78 is 0. The minimum absolute atomic E-state index is 0.0126. The van der Waals surface area contributed by atoms with E-state index in [9.17, 15) is 15.0 Å². The van der Waals surface area contributed by atoms with Crippen molar-refractivity contribution < 1.29 is 15.0 Å². The van der Waals surface area contributed by atoms with Gasteiger partial charge >= 0.3 is 0 Å². The lowest BCUT2D eigenvalue weighted by atomic mass is 10.1. The van der Waals surface area contributed by atoms with Crippen LogP contribution in [0.3, 0.4) is 0 Å². The molecular weight excluding hydrogens is 254 g/mol. The standard InChI is InChI=1S/C16H27NO3/c1-13(2)15(19)10-8-6-5-7-9-14(18)11-12-16(20)17(3)4/h5-10,13-15,18-19H,11-12H2,1-4H3/b6-5-,9-7+,10-8+. The van der Waals surface area contributed by atoms with Crippen molar-refractivity contribution in [3.63, 3.8) is 0 Å². The molecule has 20 heavy (non-hydrogen) atoms. The first kappa shape index (κ1) is 18.6. The summed E-state index contributed by atoms with van der Waals surface area (Å²) in [7, 11) is 3.40. The van der Waals surface area contributed by atoms with Crippen molar-refractivity contribution in [3.05, 3.63) is 36.5 Å². The minimum atomic E-state index is -0.617. The molecule has 2 atom stereocenters. The van der Waals surface area contributed by atoms with Gasteiger partial charge in [-0.05, 0) is 12.3 Å². The predicted octanol–water partition coefficient (Wildman–Crippen LogP) is 1.90. The Hall–Kier alpha value is -1.39. The molecule has 0 spiro atoms. The maximum Gasteiger partial charge on any atom is 0.222 e. The van der Waals surface area contributed by atoms with E-state index in [-0.39, 0.29) is 11.8 Å². The van der Waals surface area contributed by atoms with E-state index < -0.39 is 12.2 Å². The van der Waals surface area contributed by atoms with E-state index in [1.807, 2.05) is 13.8 Å². The number of nitrogens with zero attached hydrogens (tertiary/aromatic N) is 1. The maximum absolute atomic E-state index is 11.3. The van der Waals surface area contributed by atoms with E-state index in [2.05, 4.69) is 0 Å². The van der Waals surface area contributed by atoms with Crippen LogP contribution in [0.25, 0.3) is 0 Å². The number of hydrogen-bond donors (Lipinski definition) is 2. The van der Waals surface area contributed by atoms with Gasteiger partial charge in [-0.15, -0.1) is 0 Å². The number of aliphatic hydroxyl groups is 2. The van der Waals surface area contributed by atoms with Crippen molar-refractivity contribution in [1.29, 1.82) is 0 Å². The first-order valence-corrected chi connectivity index (χ1v) is 6.92. The normalized spacial score (nSPS) is 15.6. The molecule has 114 valence electrons. The second kappa shape index (κ2) is 10.4. The van der Waals surface area contributed by atoms with Gasteiger partial charge in [0.1, 0.15) is 0 Å². The largest absolute Gasteiger partial charge is 0.389 e. The van der Waals surface area contributed by atoms with Crippen molar-refractivity contribution >= 4 is 5.91 Å². The lowest BCUT2D eigenvalue weighted by molar-refractivity contribution is -0.129. The molecule has 0 fully saturated rings. The number of carbonyl (C=O) groups excluding carboxylic acids is 1. The van der Waals surface area contributed by atoms with Gasteiger partial charge in [0.05, 0.1) is 12.2 Å². The molecule has 0 rings (SSSR count). The number of amides is 1. The number of hydrogen-bond acceptors (Lipinski definition) is 3. The molecule has 0 aliphatic rings. The number of rotatable bonds is 8. The third kappa shape index (κ3) is 9.53. The zero-order chi connectivity index (χ0) is 15.5. The summed E-state index contributed by atoms with van der Waals surface area (Å²) in [5.74, 6) is 0.213. The Morgan fingerprint density at radius 1 is 1.05 bits per heavy atom. The fraction of sp³-hybridized carbons (Fsp3) is 0.562. The van der Waals surface area contributed by atoms with E-state index >= 15 is 0 Å². The highest BCUT2D eigenvalue weighted by molar-refractivity contribution is 5.75. The first-order valence-electron chi connectivity index (χ1n) is 6.92. The van der Waals surface area contributed by atoms with Crippen LogP contribution in [0.5, 0.6) is 0 Å². The van der Waals surface area contributed by atoms with Crippen molar-refractivity contribution in [1.82, 2.24) is 4.90 Å². The molecule has 0 aromatic carbocycles. The second-order valence-corrected chi connectivity index (χ2v) is 5.28. The second-order valence-electron chi connectivity index (χ2n) is 5.28. The molecule has 0 radical (unpaired) electrons. The van der Waals surface area contributed by atoms with Crippen LogP contribution >= 0.6 is 0 Å². The highest BCUT2D eigenvalue weighted by atomic mass is 16.3. The number of aliphatic hydroxyl groups excluding tert-OH is 2. The zero-order valence-corrected chi connectivity index (χ0v) is 12.9. The third-order valence-electron chi connectivity index (χ3n) is 2.81. The molecule has 0 bridgehead atoms. The molecule has 0 aromatic heterocycles. The summed E-state index contributed by atoms with van der Waals surface area (Å²) in [5, 5.41) is 19.2.